The van der Waals surface area contributed by atoms with E-state index < -0.39 is 0 Å². The standard InChI is InChI=1S/C22H29N3O2/c1-24(2)22(26)17-27-21-11-7-6-8-19(21)15-23-14-18-12-13-25(16-18)20-9-4-3-5-10-20/h3-11,18,23H,12-17H2,1-2H3. The van der Waals surface area contributed by atoms with Crippen LogP contribution in [0.1, 0.15) is 12.0 Å². The Labute approximate surface area is 161 Å². The topological polar surface area (TPSA) is 44.8 Å². The van der Waals surface area contributed by atoms with Crippen LogP contribution in [0, 0.1) is 5.92 Å². The SMILES string of the molecule is CN(C)C(=O)COc1ccccc1CNCC1CCN(c2ccccc2)C1. The largest absolute Gasteiger partial charge is 0.483 e. The van der Waals surface area contributed by atoms with Crippen LogP contribution in [-0.2, 0) is 11.3 Å². The molecule has 0 saturated carbocycles. The molecule has 1 atom stereocenters. The van der Waals surface area contributed by atoms with Crippen molar-refractivity contribution in [3.05, 3.63) is 60.2 Å². The van der Waals surface area contributed by atoms with Crippen molar-refractivity contribution in [1.29, 1.82) is 0 Å². The second-order valence-corrected chi connectivity index (χ2v) is 7.25. The van der Waals surface area contributed by atoms with Gasteiger partial charge in [0.15, 0.2) is 6.61 Å². The van der Waals surface area contributed by atoms with Gasteiger partial charge in [-0.2, -0.15) is 0 Å². The third-order valence-electron chi connectivity index (χ3n) is 4.98. The molecule has 3 rings (SSSR count). The molecule has 1 saturated heterocycles. The van der Waals surface area contributed by atoms with Crippen LogP contribution >= 0.6 is 0 Å². The first-order chi connectivity index (χ1) is 13.1. The zero-order valence-electron chi connectivity index (χ0n) is 16.2. The number of anilines is 1. The maximum atomic E-state index is 11.7. The number of amides is 1. The number of hydrogen-bond donors (Lipinski definition) is 1. The van der Waals surface area contributed by atoms with Crippen molar-refractivity contribution >= 4 is 11.6 Å². The van der Waals surface area contributed by atoms with Gasteiger partial charge in [0.25, 0.3) is 5.91 Å². The van der Waals surface area contributed by atoms with Crippen molar-refractivity contribution in [2.24, 2.45) is 5.92 Å². The summed E-state index contributed by atoms with van der Waals surface area (Å²) in [6.45, 7) is 4.00. The Morgan fingerprint density at radius 1 is 1.15 bits per heavy atom. The van der Waals surface area contributed by atoms with E-state index in [9.17, 15) is 4.79 Å². The summed E-state index contributed by atoms with van der Waals surface area (Å²) in [4.78, 5) is 15.7. The Hall–Kier alpha value is -2.53. The molecule has 1 N–H and O–H groups in total. The summed E-state index contributed by atoms with van der Waals surface area (Å²) in [5, 5.41) is 3.56. The summed E-state index contributed by atoms with van der Waals surface area (Å²) in [6, 6.07) is 18.5. The van der Waals surface area contributed by atoms with E-state index >= 15 is 0 Å². The predicted octanol–water partition coefficient (Wildman–Crippen LogP) is 2.77. The number of carbonyl (C=O) groups is 1. The van der Waals surface area contributed by atoms with Gasteiger partial charge < -0.3 is 19.9 Å². The molecule has 0 bridgehead atoms. The lowest BCUT2D eigenvalue weighted by Gasteiger charge is -2.19. The molecule has 0 aliphatic carbocycles. The third kappa shape index (κ3) is 5.47. The minimum Gasteiger partial charge on any atom is -0.483 e. The van der Waals surface area contributed by atoms with Crippen molar-refractivity contribution in [3.8, 4) is 5.75 Å². The summed E-state index contributed by atoms with van der Waals surface area (Å²) in [7, 11) is 3.47. The first kappa shape index (κ1) is 19.2. The van der Waals surface area contributed by atoms with Gasteiger partial charge in [0.05, 0.1) is 0 Å². The molecule has 2 aromatic rings. The Kier molecular flexibility index (Phi) is 6.71. The summed E-state index contributed by atoms with van der Waals surface area (Å²) in [5.41, 5.74) is 2.39. The van der Waals surface area contributed by atoms with E-state index in [1.165, 1.54) is 12.1 Å². The van der Waals surface area contributed by atoms with Crippen molar-refractivity contribution < 1.29 is 9.53 Å². The van der Waals surface area contributed by atoms with Crippen LogP contribution in [0.5, 0.6) is 5.75 Å². The van der Waals surface area contributed by atoms with Gasteiger partial charge in [-0.25, -0.2) is 0 Å². The number of benzene rings is 2. The van der Waals surface area contributed by atoms with Crippen LogP contribution in [0.3, 0.4) is 0 Å². The smallest absolute Gasteiger partial charge is 0.259 e. The van der Waals surface area contributed by atoms with Gasteiger partial charge in [-0.05, 0) is 30.5 Å². The zero-order valence-corrected chi connectivity index (χ0v) is 16.2. The number of para-hydroxylation sites is 2. The molecule has 2 aromatic carbocycles. The molecular weight excluding hydrogens is 338 g/mol. The number of hydrogen-bond acceptors (Lipinski definition) is 4. The number of nitrogens with zero attached hydrogens (tertiary/aromatic N) is 2. The molecule has 1 aliphatic heterocycles. The summed E-state index contributed by atoms with van der Waals surface area (Å²) in [5.74, 6) is 1.39. The van der Waals surface area contributed by atoms with E-state index in [0.717, 1.165) is 37.5 Å². The normalized spacial score (nSPS) is 16.4. The minimum absolute atomic E-state index is 0.0373. The molecule has 27 heavy (non-hydrogen) atoms. The van der Waals surface area contributed by atoms with Gasteiger partial charge in [-0.15, -0.1) is 0 Å². The zero-order chi connectivity index (χ0) is 19.1. The van der Waals surface area contributed by atoms with Crippen molar-refractivity contribution in [2.45, 2.75) is 13.0 Å². The maximum Gasteiger partial charge on any atom is 0.259 e. The molecule has 1 heterocycles. The minimum atomic E-state index is -0.0373. The summed E-state index contributed by atoms with van der Waals surface area (Å²) < 4.78 is 5.72. The maximum absolute atomic E-state index is 11.7. The van der Waals surface area contributed by atoms with Crippen LogP contribution in [-0.4, -0.2) is 51.1 Å². The summed E-state index contributed by atoms with van der Waals surface area (Å²) >= 11 is 0. The van der Waals surface area contributed by atoms with E-state index in [2.05, 4.69) is 40.5 Å². The van der Waals surface area contributed by atoms with E-state index in [1.807, 2.05) is 24.3 Å². The van der Waals surface area contributed by atoms with Crippen molar-refractivity contribution in [1.82, 2.24) is 10.2 Å². The number of likely N-dealkylation sites (N-methyl/N-ethyl adjacent to an activating group) is 1. The average Bonchev–Trinajstić information content (AvgIpc) is 3.16. The Morgan fingerprint density at radius 2 is 1.89 bits per heavy atom. The third-order valence-corrected chi connectivity index (χ3v) is 4.98. The highest BCUT2D eigenvalue weighted by atomic mass is 16.5. The van der Waals surface area contributed by atoms with Crippen LogP contribution < -0.4 is 15.0 Å². The highest BCUT2D eigenvalue weighted by Crippen LogP contribution is 2.23. The van der Waals surface area contributed by atoms with E-state index in [4.69, 9.17) is 4.74 Å². The fraction of sp³-hybridized carbons (Fsp3) is 0.409. The van der Waals surface area contributed by atoms with Gasteiger partial charge in [0.2, 0.25) is 0 Å². The Bertz CT molecular complexity index is 733. The van der Waals surface area contributed by atoms with Gasteiger partial charge in [0.1, 0.15) is 5.75 Å². The first-order valence-corrected chi connectivity index (χ1v) is 9.55. The van der Waals surface area contributed by atoms with Crippen molar-refractivity contribution in [2.75, 3.05) is 45.2 Å². The number of carbonyl (C=O) groups excluding carboxylic acids is 1. The van der Waals surface area contributed by atoms with Crippen LogP contribution in [0.2, 0.25) is 0 Å². The Morgan fingerprint density at radius 3 is 2.67 bits per heavy atom. The fourth-order valence-corrected chi connectivity index (χ4v) is 3.34. The molecule has 0 aromatic heterocycles. The summed E-state index contributed by atoms with van der Waals surface area (Å²) in [6.07, 6.45) is 1.21. The van der Waals surface area contributed by atoms with E-state index in [1.54, 1.807) is 19.0 Å². The quantitative estimate of drug-likeness (QED) is 0.779. The lowest BCUT2D eigenvalue weighted by molar-refractivity contribution is -0.130. The molecule has 1 fully saturated rings. The van der Waals surface area contributed by atoms with Gasteiger partial charge in [0, 0.05) is 51.5 Å². The van der Waals surface area contributed by atoms with Crippen molar-refractivity contribution in [3.63, 3.8) is 0 Å². The molecule has 5 nitrogen and oxygen atoms in total. The highest BCUT2D eigenvalue weighted by Gasteiger charge is 2.22. The lowest BCUT2D eigenvalue weighted by Crippen LogP contribution is -2.28. The number of nitrogens with one attached hydrogen (secondary N) is 1. The first-order valence-electron chi connectivity index (χ1n) is 9.55. The second kappa shape index (κ2) is 9.42. The van der Waals surface area contributed by atoms with E-state index in [-0.39, 0.29) is 12.5 Å². The average molecular weight is 367 g/mol. The Balaban J connectivity index is 1.46. The highest BCUT2D eigenvalue weighted by molar-refractivity contribution is 5.77. The van der Waals surface area contributed by atoms with Gasteiger partial charge >= 0.3 is 0 Å². The fourth-order valence-electron chi connectivity index (χ4n) is 3.34. The molecule has 1 aliphatic rings. The predicted molar refractivity (Wildman–Crippen MR) is 109 cm³/mol. The van der Waals surface area contributed by atoms with Crippen LogP contribution in [0.4, 0.5) is 5.69 Å². The molecule has 1 amide bonds. The lowest BCUT2D eigenvalue weighted by atomic mass is 10.1. The molecule has 144 valence electrons. The van der Waals surface area contributed by atoms with Gasteiger partial charge in [-0.3, -0.25) is 4.79 Å². The van der Waals surface area contributed by atoms with Crippen LogP contribution in [0.15, 0.2) is 54.6 Å². The monoisotopic (exact) mass is 367 g/mol. The molecule has 0 spiro atoms. The molecular formula is C22H29N3O2. The molecule has 1 unspecified atom stereocenters. The van der Waals surface area contributed by atoms with E-state index in [0.29, 0.717) is 5.92 Å². The number of rotatable bonds is 8. The second-order valence-electron chi connectivity index (χ2n) is 7.25. The van der Waals surface area contributed by atoms with Crippen LogP contribution in [0.25, 0.3) is 0 Å². The molecule has 5 heteroatoms. The van der Waals surface area contributed by atoms with Gasteiger partial charge in [-0.1, -0.05) is 36.4 Å². The number of ether oxygens (including phenoxy) is 1. The molecule has 0 radical (unpaired) electrons.